The average Bonchev–Trinajstić information content (AvgIpc) is 2.82. The van der Waals surface area contributed by atoms with Crippen LogP contribution in [0.1, 0.15) is 5.56 Å². The first-order valence-corrected chi connectivity index (χ1v) is 10.6. The smallest absolute Gasteiger partial charge is 0.269 e. The summed E-state index contributed by atoms with van der Waals surface area (Å²) >= 11 is 3.35. The van der Waals surface area contributed by atoms with Crippen molar-refractivity contribution in [1.82, 2.24) is 15.0 Å². The first-order chi connectivity index (χ1) is 16.0. The minimum Gasteiger partial charge on any atom is -0.507 e. The molecule has 1 aromatic heterocycles. The summed E-state index contributed by atoms with van der Waals surface area (Å²) < 4.78 is 6.19. The van der Waals surface area contributed by atoms with Crippen LogP contribution < -0.4 is 15.6 Å². The number of halogens is 1. The molecule has 0 radical (unpaired) electrons. The molecule has 12 nitrogen and oxygen atoms in total. The molecule has 4 rings (SSSR count). The van der Waals surface area contributed by atoms with Gasteiger partial charge in [-0.2, -0.15) is 20.1 Å². The molecule has 3 aromatic rings. The number of nitro benzene ring substituents is 1. The number of benzene rings is 2. The van der Waals surface area contributed by atoms with Crippen molar-refractivity contribution in [2.45, 2.75) is 0 Å². The summed E-state index contributed by atoms with van der Waals surface area (Å²) in [6.07, 6.45) is 1.45. The van der Waals surface area contributed by atoms with Crippen molar-refractivity contribution < 1.29 is 14.8 Å². The third-order valence-electron chi connectivity index (χ3n) is 4.61. The zero-order valence-corrected chi connectivity index (χ0v) is 18.8. The van der Waals surface area contributed by atoms with Gasteiger partial charge in [0.1, 0.15) is 5.75 Å². The lowest BCUT2D eigenvalue weighted by Crippen LogP contribution is -2.37. The number of hydrogen-bond acceptors (Lipinski definition) is 11. The minimum atomic E-state index is -0.466. The van der Waals surface area contributed by atoms with Gasteiger partial charge in [0, 0.05) is 40.9 Å². The topological polar surface area (TPSA) is 151 Å². The summed E-state index contributed by atoms with van der Waals surface area (Å²) in [5.74, 6) is 0.930. The number of non-ortho nitro benzene ring substituents is 1. The third kappa shape index (κ3) is 5.90. The van der Waals surface area contributed by atoms with Crippen LogP contribution >= 0.6 is 15.9 Å². The molecule has 170 valence electrons. The Bertz CT molecular complexity index is 1170. The third-order valence-corrected chi connectivity index (χ3v) is 5.10. The fourth-order valence-corrected chi connectivity index (χ4v) is 3.34. The van der Waals surface area contributed by atoms with Gasteiger partial charge in [-0.3, -0.25) is 10.1 Å². The molecular weight excluding hydrogens is 496 g/mol. The van der Waals surface area contributed by atoms with Crippen molar-refractivity contribution in [3.8, 4) is 5.75 Å². The lowest BCUT2D eigenvalue weighted by molar-refractivity contribution is -0.384. The Hall–Kier alpha value is -3.84. The molecule has 1 fully saturated rings. The number of hydrazone groups is 1. The van der Waals surface area contributed by atoms with E-state index in [4.69, 9.17) is 4.74 Å². The largest absolute Gasteiger partial charge is 0.507 e. The molecule has 0 bridgehead atoms. The van der Waals surface area contributed by atoms with Gasteiger partial charge in [-0.05, 0) is 30.3 Å². The highest BCUT2D eigenvalue weighted by molar-refractivity contribution is 9.10. The van der Waals surface area contributed by atoms with E-state index in [2.05, 4.69) is 46.7 Å². The van der Waals surface area contributed by atoms with E-state index in [9.17, 15) is 15.2 Å². The van der Waals surface area contributed by atoms with Crippen molar-refractivity contribution in [2.75, 3.05) is 41.9 Å². The van der Waals surface area contributed by atoms with E-state index in [0.29, 0.717) is 43.5 Å². The van der Waals surface area contributed by atoms with Crippen LogP contribution in [0.15, 0.2) is 52.0 Å². The lowest BCUT2D eigenvalue weighted by Gasteiger charge is -2.27. The SMILES string of the molecule is O=[N+]([O-])c1ccc(Nc2nc(NN=Cc3cc(Br)ccc3O)nc(N3CCOCC3)n2)cc1. The minimum absolute atomic E-state index is 0.0160. The quantitative estimate of drug-likeness (QED) is 0.243. The Morgan fingerprint density at radius 2 is 1.85 bits per heavy atom. The van der Waals surface area contributed by atoms with Crippen LogP contribution in [0.2, 0.25) is 0 Å². The number of phenolic OH excluding ortho intramolecular Hbond substituents is 1. The summed E-state index contributed by atoms with van der Waals surface area (Å²) in [6, 6.07) is 10.9. The number of aromatic hydroxyl groups is 1. The molecule has 1 aliphatic heterocycles. The molecule has 0 saturated carbocycles. The maximum atomic E-state index is 10.9. The maximum absolute atomic E-state index is 10.9. The Balaban J connectivity index is 1.57. The van der Waals surface area contributed by atoms with Crippen molar-refractivity contribution >= 4 is 51.4 Å². The summed E-state index contributed by atoms with van der Waals surface area (Å²) in [6.45, 7) is 2.35. The van der Waals surface area contributed by atoms with Crippen LogP contribution in [-0.4, -0.2) is 57.5 Å². The molecule has 0 amide bonds. The first kappa shape index (κ1) is 22.4. The molecule has 2 aromatic carbocycles. The normalized spacial score (nSPS) is 13.8. The average molecular weight is 515 g/mol. The molecular formula is C20H19BrN8O4. The van der Waals surface area contributed by atoms with E-state index >= 15 is 0 Å². The molecule has 33 heavy (non-hydrogen) atoms. The Morgan fingerprint density at radius 1 is 1.12 bits per heavy atom. The van der Waals surface area contributed by atoms with Gasteiger partial charge in [0.15, 0.2) is 0 Å². The van der Waals surface area contributed by atoms with Gasteiger partial charge in [0.05, 0.1) is 24.4 Å². The molecule has 1 aliphatic rings. The number of anilines is 4. The number of morpholine rings is 1. The second-order valence-corrected chi connectivity index (χ2v) is 7.80. The summed E-state index contributed by atoms with van der Waals surface area (Å²) in [4.78, 5) is 25.6. The maximum Gasteiger partial charge on any atom is 0.269 e. The van der Waals surface area contributed by atoms with Gasteiger partial charge in [0.25, 0.3) is 5.69 Å². The predicted molar refractivity (Wildman–Crippen MR) is 126 cm³/mol. The van der Waals surface area contributed by atoms with Crippen molar-refractivity contribution in [1.29, 1.82) is 0 Å². The van der Waals surface area contributed by atoms with E-state index in [1.54, 1.807) is 30.3 Å². The van der Waals surface area contributed by atoms with E-state index in [-0.39, 0.29) is 23.3 Å². The second kappa shape index (κ2) is 10.2. The predicted octanol–water partition coefficient (Wildman–Crippen LogP) is 3.27. The standard InChI is InChI=1S/C20H19BrN8O4/c21-14-1-6-17(30)13(11-14)12-22-27-19-24-18(23-15-2-4-16(5-3-15)29(31)32)25-20(26-19)28-7-9-33-10-8-28/h1-6,11-12,30H,7-10H2,(H2,23,24,25,26,27). The summed E-state index contributed by atoms with van der Waals surface area (Å²) in [5, 5.41) is 28.0. The number of ether oxygens (including phenoxy) is 1. The summed E-state index contributed by atoms with van der Waals surface area (Å²) in [7, 11) is 0. The van der Waals surface area contributed by atoms with E-state index < -0.39 is 4.92 Å². The summed E-state index contributed by atoms with van der Waals surface area (Å²) in [5.41, 5.74) is 3.83. The fraction of sp³-hybridized carbons (Fsp3) is 0.200. The first-order valence-electron chi connectivity index (χ1n) is 9.86. The number of phenols is 1. The number of rotatable bonds is 7. The fourth-order valence-electron chi connectivity index (χ4n) is 2.96. The van der Waals surface area contributed by atoms with E-state index in [0.717, 1.165) is 4.47 Å². The van der Waals surface area contributed by atoms with Crippen molar-refractivity contribution in [3.63, 3.8) is 0 Å². The van der Waals surface area contributed by atoms with Gasteiger partial charge >= 0.3 is 0 Å². The van der Waals surface area contributed by atoms with E-state index in [1.807, 2.05) is 4.90 Å². The molecule has 0 spiro atoms. The second-order valence-electron chi connectivity index (χ2n) is 6.88. The monoisotopic (exact) mass is 514 g/mol. The zero-order valence-electron chi connectivity index (χ0n) is 17.2. The van der Waals surface area contributed by atoms with Gasteiger partial charge in [-0.1, -0.05) is 15.9 Å². The van der Waals surface area contributed by atoms with Crippen molar-refractivity contribution in [2.24, 2.45) is 5.10 Å². The van der Waals surface area contributed by atoms with Gasteiger partial charge in [-0.15, -0.1) is 0 Å². The van der Waals surface area contributed by atoms with Crippen LogP contribution in [0.25, 0.3) is 0 Å². The molecule has 2 heterocycles. The van der Waals surface area contributed by atoms with Crippen LogP contribution in [0.5, 0.6) is 5.75 Å². The van der Waals surface area contributed by atoms with Crippen LogP contribution in [-0.2, 0) is 4.74 Å². The number of hydrogen-bond donors (Lipinski definition) is 3. The van der Waals surface area contributed by atoms with Gasteiger partial charge in [-0.25, -0.2) is 5.43 Å². The van der Waals surface area contributed by atoms with Gasteiger partial charge < -0.3 is 20.1 Å². The molecule has 0 unspecified atom stereocenters. The Morgan fingerprint density at radius 3 is 2.58 bits per heavy atom. The Labute approximate surface area is 196 Å². The highest BCUT2D eigenvalue weighted by atomic mass is 79.9. The van der Waals surface area contributed by atoms with Crippen LogP contribution in [0.3, 0.4) is 0 Å². The number of nitro groups is 1. The molecule has 0 aliphatic carbocycles. The lowest BCUT2D eigenvalue weighted by atomic mass is 10.2. The Kier molecular flexibility index (Phi) is 6.90. The molecule has 0 atom stereocenters. The highest BCUT2D eigenvalue weighted by Crippen LogP contribution is 2.22. The zero-order chi connectivity index (χ0) is 23.2. The molecule has 1 saturated heterocycles. The highest BCUT2D eigenvalue weighted by Gasteiger charge is 2.17. The van der Waals surface area contributed by atoms with E-state index in [1.165, 1.54) is 18.3 Å². The number of nitrogens with one attached hydrogen (secondary N) is 2. The molecule has 13 heteroatoms. The van der Waals surface area contributed by atoms with Crippen LogP contribution in [0, 0.1) is 10.1 Å². The molecule has 3 N–H and O–H groups in total. The number of aromatic nitrogens is 3. The van der Waals surface area contributed by atoms with Gasteiger partial charge in [0.2, 0.25) is 17.8 Å². The van der Waals surface area contributed by atoms with Crippen molar-refractivity contribution in [3.05, 3.63) is 62.6 Å². The van der Waals surface area contributed by atoms with Crippen LogP contribution in [0.4, 0.5) is 29.2 Å². The number of nitrogens with zero attached hydrogens (tertiary/aromatic N) is 6.